The fraction of sp³-hybridized carbons (Fsp3) is 0.625. The van der Waals surface area contributed by atoms with Crippen LogP contribution in [0.25, 0.3) is 0 Å². The first kappa shape index (κ1) is 29.1. The maximum absolute atomic E-state index is 10.1. The molecule has 0 aliphatic heterocycles. The van der Waals surface area contributed by atoms with Crippen LogP contribution < -0.4 is 0 Å². The van der Waals surface area contributed by atoms with Crippen LogP contribution in [0.15, 0.2) is 0 Å². The van der Waals surface area contributed by atoms with E-state index in [1.807, 2.05) is 0 Å². The number of hydrogen-bond acceptors (Lipinski definition) is 8. The van der Waals surface area contributed by atoms with Gasteiger partial charge in [-0.1, -0.05) is 0 Å². The quantitative estimate of drug-likeness (QED) is 0.216. The van der Waals surface area contributed by atoms with Crippen molar-refractivity contribution in [1.82, 2.24) is 0 Å². The Morgan fingerprint density at radius 1 is 0.773 bits per heavy atom. The van der Waals surface area contributed by atoms with E-state index in [1.54, 1.807) is 0 Å². The summed E-state index contributed by atoms with van der Waals surface area (Å²) in [7, 11) is 0. The van der Waals surface area contributed by atoms with Gasteiger partial charge in [0, 0.05) is 0 Å². The second-order valence-electron chi connectivity index (χ2n) is 3.08. The third-order valence-corrected chi connectivity index (χ3v) is 1.51. The summed E-state index contributed by atoms with van der Waals surface area (Å²) in [5, 5.41) is 79.7. The molecule has 0 spiro atoms. The minimum atomic E-state index is -2.20. The Balaban J connectivity index is -0.0000000626. The molecule has 0 unspecified atom stereocenters. The number of carboxylic acid groups (broad SMARTS) is 5. The van der Waals surface area contributed by atoms with Crippen LogP contribution in [0.4, 0.5) is 9.59 Å². The predicted octanol–water partition coefficient (Wildman–Crippen LogP) is -3.20. The molecule has 0 saturated carbocycles. The van der Waals surface area contributed by atoms with Crippen molar-refractivity contribution in [1.29, 1.82) is 0 Å². The molecule has 0 aromatic heterocycles. The average molecular weight is 362 g/mol. The Bertz CT molecular complexity index is 311. The van der Waals surface area contributed by atoms with Crippen molar-refractivity contribution in [3.05, 3.63) is 0 Å². The van der Waals surface area contributed by atoms with E-state index in [4.69, 9.17) is 60.7 Å². The zero-order chi connectivity index (χ0) is 17.7. The smallest absolute Gasteiger partial charge is 1.00 e. The number of hydrogen-bond donors (Lipinski definition) is 10. The van der Waals surface area contributed by atoms with Gasteiger partial charge in [-0.05, 0) is 0 Å². The first-order chi connectivity index (χ1) is 9.38. The summed E-state index contributed by atoms with van der Waals surface area (Å²) in [6.07, 6.45) is -11.5. The maximum Gasteiger partial charge on any atom is 2.00 e. The summed E-state index contributed by atoms with van der Waals surface area (Å²) < 4.78 is 0. The average Bonchev–Trinajstić information content (AvgIpc) is 2.33. The molecule has 0 saturated heterocycles. The van der Waals surface area contributed by atoms with E-state index in [-0.39, 0.29) is 40.6 Å². The van der Waals surface area contributed by atoms with Crippen molar-refractivity contribution >= 4 is 56.0 Å². The largest absolute Gasteiger partial charge is 2.00 e. The van der Waals surface area contributed by atoms with Crippen LogP contribution in [0.3, 0.4) is 0 Å². The summed E-state index contributed by atoms with van der Waals surface area (Å²) in [4.78, 5) is 27.2. The van der Waals surface area contributed by atoms with Gasteiger partial charge in [0.05, 0.1) is 6.61 Å². The summed E-state index contributed by atoms with van der Waals surface area (Å²) >= 11 is 0. The number of rotatable bonds is 5. The maximum atomic E-state index is 10.1. The molecular weight excluding hydrogens is 344 g/mol. The van der Waals surface area contributed by atoms with E-state index >= 15 is 0 Å². The zero-order valence-corrected chi connectivity index (χ0v) is 13.1. The van der Waals surface area contributed by atoms with Crippen LogP contribution in [-0.2, 0) is 4.79 Å². The normalized spacial score (nSPS) is 14.2. The minimum Gasteiger partial charge on any atom is -1.00 e. The number of carbonyl (C=O) groups is 3. The molecule has 0 heterocycles. The fourth-order valence-electron chi connectivity index (χ4n) is 0.668. The van der Waals surface area contributed by atoms with E-state index in [0.717, 1.165) is 0 Å². The summed E-state index contributed by atoms with van der Waals surface area (Å²) in [6.45, 7) is -0.843. The van der Waals surface area contributed by atoms with Gasteiger partial charge >= 0.3 is 56.0 Å². The fourth-order valence-corrected chi connectivity index (χ4v) is 0.668. The molecule has 0 amide bonds. The van der Waals surface area contributed by atoms with Gasteiger partial charge in [0.25, 0.3) is 0 Å². The molecule has 22 heavy (non-hydrogen) atoms. The van der Waals surface area contributed by atoms with E-state index in [2.05, 4.69) is 0 Å². The molecule has 0 fully saturated rings. The van der Waals surface area contributed by atoms with Crippen LogP contribution in [0.1, 0.15) is 2.85 Å². The van der Waals surface area contributed by atoms with E-state index in [1.165, 1.54) is 0 Å². The van der Waals surface area contributed by atoms with Crippen LogP contribution in [-0.4, -0.2) is 138 Å². The van der Waals surface area contributed by atoms with Crippen molar-refractivity contribution in [2.75, 3.05) is 6.61 Å². The zero-order valence-electron chi connectivity index (χ0n) is 12.9. The second kappa shape index (κ2) is 16.4. The van der Waals surface area contributed by atoms with E-state index in [9.17, 15) is 4.79 Å². The molecule has 130 valence electrons. The third-order valence-electron chi connectivity index (χ3n) is 1.51. The molecule has 10 N–H and O–H groups in total. The van der Waals surface area contributed by atoms with Crippen LogP contribution in [0.5, 0.6) is 0 Å². The Kier molecular flexibility index (Phi) is 21.8. The van der Waals surface area contributed by atoms with Gasteiger partial charge in [-0.25, -0.2) is 14.4 Å². The Morgan fingerprint density at radius 2 is 1.05 bits per heavy atom. The summed E-state index contributed by atoms with van der Waals surface area (Å²) in [6, 6.07) is 0. The number of aliphatic hydroxyl groups is 5. The molecule has 0 aromatic carbocycles. The van der Waals surface area contributed by atoms with Crippen molar-refractivity contribution in [2.24, 2.45) is 0 Å². The molecule has 0 bridgehead atoms. The van der Waals surface area contributed by atoms with Crippen LogP contribution in [0.2, 0.25) is 0 Å². The topological polar surface area (TPSA) is 254 Å². The van der Waals surface area contributed by atoms with Crippen LogP contribution >= 0.6 is 0 Å². The van der Waals surface area contributed by atoms with Gasteiger partial charge in [-0.2, -0.15) is 0 Å². The standard InChI is InChI=1S/C6H12O7.2CH2O3.Ca.2H/c7-1-2(8)3(9)4(10)5(11)6(12)13;2*2-1(3)4;;;/h2-5,7-11H,1H2,(H,12,13);2*(H2,2,3,4);;;/q;;;+2;2*-1/t2-,3-,4+,5-;;;;;/m1...../s1. The molecule has 13 nitrogen and oxygen atoms in total. The van der Waals surface area contributed by atoms with Gasteiger partial charge in [-0.15, -0.1) is 0 Å². The van der Waals surface area contributed by atoms with Gasteiger partial charge in [0.1, 0.15) is 18.3 Å². The SMILES string of the molecule is O=C(O)O.O=C(O)O.O=C(O)[C@H](O)[C@@H](O)[C@H](O)[C@H](O)CO.[Ca+2].[H-].[H-]. The summed E-state index contributed by atoms with van der Waals surface area (Å²) in [5.41, 5.74) is 0. The first-order valence-electron chi connectivity index (χ1n) is 4.78. The van der Waals surface area contributed by atoms with Crippen molar-refractivity contribution in [3.63, 3.8) is 0 Å². The third kappa shape index (κ3) is 21.4. The van der Waals surface area contributed by atoms with Gasteiger partial charge in [0.2, 0.25) is 0 Å². The van der Waals surface area contributed by atoms with Crippen molar-refractivity contribution in [3.8, 4) is 0 Å². The number of aliphatic hydroxyl groups excluding tert-OH is 5. The predicted molar refractivity (Wildman–Crippen MR) is 68.0 cm³/mol. The summed E-state index contributed by atoms with van der Waals surface area (Å²) in [5.74, 6) is -1.73. The number of carboxylic acids is 1. The van der Waals surface area contributed by atoms with Crippen molar-refractivity contribution < 1.29 is 68.3 Å². The molecule has 14 heteroatoms. The monoisotopic (exact) mass is 362 g/mol. The van der Waals surface area contributed by atoms with Gasteiger partial charge in [0.15, 0.2) is 6.10 Å². The number of aliphatic carboxylic acids is 1. The van der Waals surface area contributed by atoms with Gasteiger partial charge in [-0.3, -0.25) is 0 Å². The molecule has 0 aliphatic rings. The Morgan fingerprint density at radius 3 is 1.23 bits per heavy atom. The van der Waals surface area contributed by atoms with E-state index in [0.29, 0.717) is 0 Å². The minimum absolute atomic E-state index is 0. The second-order valence-corrected chi connectivity index (χ2v) is 3.08. The molecule has 4 atom stereocenters. The molecule has 0 aromatic rings. The Hall–Kier alpha value is -0.930. The van der Waals surface area contributed by atoms with Crippen molar-refractivity contribution in [2.45, 2.75) is 24.4 Å². The molecule has 0 rings (SSSR count). The molecule has 0 radical (unpaired) electrons. The first-order valence-corrected chi connectivity index (χ1v) is 4.78. The molecule has 0 aliphatic carbocycles. The van der Waals surface area contributed by atoms with Crippen LogP contribution in [0, 0.1) is 0 Å². The van der Waals surface area contributed by atoms with E-state index < -0.39 is 49.3 Å². The Labute approximate surface area is 155 Å². The molecular formula is C8H18CaO13. The van der Waals surface area contributed by atoms with Gasteiger partial charge < -0.3 is 53.9 Å².